The summed E-state index contributed by atoms with van der Waals surface area (Å²) < 4.78 is 7.65. The van der Waals surface area contributed by atoms with Crippen LogP contribution in [0.4, 0.5) is 0 Å². The molecule has 9 rings (SSSR count). The smallest absolute Gasteiger partial charge is 0.294 e. The Morgan fingerprint density at radius 3 is 1.84 bits per heavy atom. The number of nitriles is 2. The molecule has 0 saturated heterocycles. The van der Waals surface area contributed by atoms with Crippen molar-refractivity contribution in [3.8, 4) is 21.9 Å². The molecular weight excluding hydrogens is 781 g/mol. The Hall–Kier alpha value is -4.60. The van der Waals surface area contributed by atoms with Crippen molar-refractivity contribution in [2.24, 2.45) is 0 Å². The summed E-state index contributed by atoms with van der Waals surface area (Å²) in [6.45, 7) is 19.6. The van der Waals surface area contributed by atoms with E-state index in [4.69, 9.17) is 13.1 Å². The highest BCUT2D eigenvalue weighted by atomic mass is 32.1. The van der Waals surface area contributed by atoms with Crippen LogP contribution in [0.1, 0.15) is 105 Å². The standard InChI is InChI=1S/C42H34N6O2S5/c1-5-47-37(49)29(54-39(47)25(21-43)45-3)18-23-17-27-31(41(23)13-9-7-10-14-41)32-35(52-27)36-33(42(32)15-11-8-12-16-42)34-28(53-36)19-24(51-34)20-30-38(50)48(6-2)40(55-30)26(22-44)46-4/h17-20H,5-16H2,1-2H3/b29-18-,30-20-,39-25+,40-26-. The molecule has 0 bridgehead atoms. The van der Waals surface area contributed by atoms with E-state index in [-0.39, 0.29) is 33.3 Å². The van der Waals surface area contributed by atoms with Gasteiger partial charge in [-0.25, -0.2) is 20.2 Å². The number of aromatic nitrogens is 2. The fraction of sp³-hybridized carbons (Fsp3) is 0.381. The number of nitrogens with zero attached hydrogens (tertiary/aromatic N) is 6. The molecule has 0 aromatic carbocycles. The minimum absolute atomic E-state index is 0.0377. The third kappa shape index (κ3) is 5.11. The van der Waals surface area contributed by atoms with Crippen LogP contribution >= 0.6 is 56.7 Å². The van der Waals surface area contributed by atoms with Crippen LogP contribution < -0.4 is 29.5 Å². The normalized spacial score (nSPS) is 19.4. The van der Waals surface area contributed by atoms with Gasteiger partial charge in [0.1, 0.15) is 9.33 Å². The first kappa shape index (κ1) is 36.1. The number of hydrogen-bond donors (Lipinski definition) is 0. The van der Waals surface area contributed by atoms with Gasteiger partial charge in [-0.2, -0.15) is 0 Å². The number of thiazole rings is 2. The minimum atomic E-state index is -0.181. The van der Waals surface area contributed by atoms with E-state index in [0.717, 1.165) is 43.4 Å². The van der Waals surface area contributed by atoms with Gasteiger partial charge >= 0.3 is 0 Å². The lowest BCUT2D eigenvalue weighted by molar-refractivity contribution is 0.327. The van der Waals surface area contributed by atoms with Crippen LogP contribution in [0.25, 0.3) is 58.5 Å². The quantitative estimate of drug-likeness (QED) is 0.173. The Kier molecular flexibility index (Phi) is 8.89. The maximum atomic E-state index is 13.8. The van der Waals surface area contributed by atoms with Crippen molar-refractivity contribution < 1.29 is 0 Å². The molecule has 4 aliphatic rings. The molecule has 0 radical (unpaired) electrons. The minimum Gasteiger partial charge on any atom is -0.307 e. The number of fused-ring (bicyclic) bond motifs is 10. The van der Waals surface area contributed by atoms with E-state index in [0.29, 0.717) is 31.5 Å². The molecule has 5 heterocycles. The van der Waals surface area contributed by atoms with Crippen LogP contribution in [0.2, 0.25) is 0 Å². The number of thiophene rings is 3. The second kappa shape index (κ2) is 13.6. The average molecular weight is 815 g/mol. The van der Waals surface area contributed by atoms with Gasteiger partial charge in [0.2, 0.25) is 0 Å². The van der Waals surface area contributed by atoms with Gasteiger partial charge in [-0.05, 0) is 80.5 Å². The molecule has 274 valence electrons. The van der Waals surface area contributed by atoms with E-state index in [1.165, 1.54) is 99.2 Å². The molecule has 8 nitrogen and oxygen atoms in total. The zero-order valence-corrected chi connectivity index (χ0v) is 34.4. The van der Waals surface area contributed by atoms with Gasteiger partial charge < -0.3 is 9.13 Å². The van der Waals surface area contributed by atoms with Crippen molar-refractivity contribution in [2.45, 2.75) is 102 Å². The summed E-state index contributed by atoms with van der Waals surface area (Å²) in [7, 11) is 0. The molecule has 5 aromatic heterocycles. The second-order valence-corrected chi connectivity index (χ2v) is 19.9. The maximum absolute atomic E-state index is 13.8. The van der Waals surface area contributed by atoms with E-state index in [9.17, 15) is 20.1 Å². The lowest BCUT2D eigenvalue weighted by Gasteiger charge is -2.42. The summed E-state index contributed by atoms with van der Waals surface area (Å²) in [4.78, 5) is 39.2. The summed E-state index contributed by atoms with van der Waals surface area (Å²) >= 11 is 8.05. The first-order valence-corrected chi connectivity index (χ1v) is 22.8. The van der Waals surface area contributed by atoms with E-state index in [1.54, 1.807) is 15.9 Å². The van der Waals surface area contributed by atoms with Gasteiger partial charge in [0.25, 0.3) is 22.5 Å². The molecule has 0 N–H and O–H groups in total. The zero-order valence-electron chi connectivity index (χ0n) is 30.3. The van der Waals surface area contributed by atoms with Crippen molar-refractivity contribution in [2.75, 3.05) is 0 Å². The first-order chi connectivity index (χ1) is 26.8. The monoisotopic (exact) mass is 814 g/mol. The summed E-state index contributed by atoms with van der Waals surface area (Å²) in [5, 5.41) is 19.2. The van der Waals surface area contributed by atoms with E-state index in [2.05, 4.69) is 27.9 Å². The Bertz CT molecular complexity index is 3040. The van der Waals surface area contributed by atoms with Crippen LogP contribution in [0.15, 0.2) is 21.2 Å². The van der Waals surface area contributed by atoms with Gasteiger partial charge in [0.05, 0.1) is 43.9 Å². The summed E-state index contributed by atoms with van der Waals surface area (Å²) in [6.07, 6.45) is 17.7. The molecule has 13 heteroatoms. The third-order valence-corrected chi connectivity index (χ3v) is 18.0. The molecule has 55 heavy (non-hydrogen) atoms. The van der Waals surface area contributed by atoms with Crippen LogP contribution in [-0.2, 0) is 23.9 Å². The number of allylic oxidation sites excluding steroid dienone is 1. The molecule has 0 unspecified atom stereocenters. The predicted molar refractivity (Wildman–Crippen MR) is 226 cm³/mol. The topological polar surface area (TPSA) is 100 Å². The average Bonchev–Trinajstić information content (AvgIpc) is 4.05. The highest BCUT2D eigenvalue weighted by molar-refractivity contribution is 7.32. The van der Waals surface area contributed by atoms with Crippen molar-refractivity contribution in [1.82, 2.24) is 9.13 Å². The molecule has 0 atom stereocenters. The molecule has 0 aliphatic heterocycles. The third-order valence-electron chi connectivity index (χ3n) is 12.1. The van der Waals surface area contributed by atoms with E-state index in [1.807, 2.05) is 54.7 Å². The summed E-state index contributed by atoms with van der Waals surface area (Å²) in [6, 6.07) is 6.19. The Morgan fingerprint density at radius 2 is 1.29 bits per heavy atom. The van der Waals surface area contributed by atoms with Gasteiger partial charge in [0.15, 0.2) is 0 Å². The van der Waals surface area contributed by atoms with Crippen molar-refractivity contribution in [3.05, 3.63) is 100 Å². The fourth-order valence-corrected chi connectivity index (χ4v) is 16.4. The Morgan fingerprint density at radius 1 is 0.745 bits per heavy atom. The van der Waals surface area contributed by atoms with Crippen molar-refractivity contribution in [1.29, 1.82) is 10.5 Å². The first-order valence-electron chi connectivity index (χ1n) is 18.7. The molecule has 2 saturated carbocycles. The predicted octanol–water partition coefficient (Wildman–Crippen LogP) is 7.75. The van der Waals surface area contributed by atoms with Gasteiger partial charge in [-0.15, -0.1) is 56.7 Å². The number of rotatable bonds is 4. The SMILES string of the molecule is [C-]#[N+]/C(C#N)=c1\s/c(=C\c2cc3sc4c(c3s2)C2(CCCCC2)c2c-4sc3c2C2(CCCCC2)C(/C=c2\s/c(=C(\C#N)[N+]#[C-])n(CC)c2=O)=C3)c(=O)n1CC. The fourth-order valence-electron chi connectivity index (χ4n) is 9.77. The highest BCUT2D eigenvalue weighted by Gasteiger charge is 2.55. The van der Waals surface area contributed by atoms with Crippen LogP contribution in [-0.4, -0.2) is 9.13 Å². The van der Waals surface area contributed by atoms with Gasteiger partial charge in [-0.3, -0.25) is 9.59 Å². The second-order valence-electron chi connectivity index (χ2n) is 14.7. The van der Waals surface area contributed by atoms with E-state index < -0.39 is 0 Å². The van der Waals surface area contributed by atoms with Crippen molar-refractivity contribution in [3.63, 3.8) is 0 Å². The Balaban J connectivity index is 1.23. The Labute approximate surface area is 337 Å². The highest BCUT2D eigenvalue weighted by Crippen LogP contribution is 2.69. The van der Waals surface area contributed by atoms with Gasteiger partial charge in [-0.1, -0.05) is 38.5 Å². The zero-order chi connectivity index (χ0) is 38.2. The molecule has 0 amide bonds. The molecule has 2 fully saturated rings. The molecule has 2 spiro atoms. The molecule has 4 aliphatic carbocycles. The van der Waals surface area contributed by atoms with Crippen molar-refractivity contribution >= 4 is 95.7 Å². The lowest BCUT2D eigenvalue weighted by Crippen LogP contribution is -2.36. The largest absolute Gasteiger partial charge is 0.307 e. The summed E-state index contributed by atoms with van der Waals surface area (Å²) in [5.74, 6) is 0. The van der Waals surface area contributed by atoms with Gasteiger partial charge in [0, 0.05) is 48.8 Å². The van der Waals surface area contributed by atoms with Crippen LogP contribution in [0, 0.1) is 35.8 Å². The van der Waals surface area contributed by atoms with Crippen LogP contribution in [0.3, 0.4) is 0 Å². The number of hydrogen-bond acceptors (Lipinski definition) is 9. The maximum Gasteiger partial charge on any atom is 0.294 e. The molecular formula is C42H34N6O2S5. The van der Waals surface area contributed by atoms with E-state index >= 15 is 0 Å². The van der Waals surface area contributed by atoms with Crippen LogP contribution in [0.5, 0.6) is 0 Å². The molecule has 5 aromatic rings. The lowest BCUT2D eigenvalue weighted by atomic mass is 9.61. The summed E-state index contributed by atoms with van der Waals surface area (Å²) in [5.41, 5.74) is 5.05.